The highest BCUT2D eigenvalue weighted by molar-refractivity contribution is 5.41. The van der Waals surface area contributed by atoms with E-state index in [2.05, 4.69) is 60.6 Å². The number of anilines is 1. The van der Waals surface area contributed by atoms with Crippen molar-refractivity contribution in [2.75, 3.05) is 5.32 Å². The van der Waals surface area contributed by atoms with Crippen LogP contribution in [0.4, 0.5) is 5.69 Å². The Morgan fingerprint density at radius 2 is 1.89 bits per heavy atom. The maximum absolute atomic E-state index is 3.93. The van der Waals surface area contributed by atoms with Crippen molar-refractivity contribution in [3.63, 3.8) is 0 Å². The van der Waals surface area contributed by atoms with Crippen LogP contribution in [0.15, 0.2) is 36.7 Å². The molecule has 1 heterocycles. The predicted octanol–water partition coefficient (Wildman–Crippen LogP) is 3.78. The zero-order valence-electron chi connectivity index (χ0n) is 11.3. The Hall–Kier alpha value is -1.77. The molecule has 96 valence electrons. The van der Waals surface area contributed by atoms with E-state index >= 15 is 0 Å². The third-order valence-electron chi connectivity index (χ3n) is 3.01. The number of aromatic amines is 1. The molecule has 0 saturated heterocycles. The largest absolute Gasteiger partial charge is 0.376 e. The molecule has 0 fully saturated rings. The van der Waals surface area contributed by atoms with Gasteiger partial charge in [0.15, 0.2) is 0 Å². The van der Waals surface area contributed by atoms with Crippen LogP contribution in [0, 0.1) is 5.92 Å². The molecule has 0 aliphatic carbocycles. The van der Waals surface area contributed by atoms with Gasteiger partial charge in [-0.15, -0.1) is 0 Å². The minimum absolute atomic E-state index is 0.288. The summed E-state index contributed by atoms with van der Waals surface area (Å²) >= 11 is 0. The number of hydrogen-bond acceptors (Lipinski definition) is 2. The number of rotatable bonds is 5. The zero-order valence-corrected chi connectivity index (χ0v) is 11.3. The molecule has 2 N–H and O–H groups in total. The molecule has 18 heavy (non-hydrogen) atoms. The van der Waals surface area contributed by atoms with Gasteiger partial charge in [0.2, 0.25) is 0 Å². The molecule has 1 aromatic carbocycles. The molecule has 1 unspecified atom stereocenters. The molecule has 1 atom stereocenters. The fraction of sp³-hybridized carbons (Fsp3) is 0.400. The van der Waals surface area contributed by atoms with Gasteiger partial charge in [0.05, 0.1) is 11.9 Å². The molecule has 0 aliphatic rings. The first-order chi connectivity index (χ1) is 8.65. The lowest BCUT2D eigenvalue weighted by Gasteiger charge is -2.15. The van der Waals surface area contributed by atoms with Crippen molar-refractivity contribution in [2.24, 2.45) is 5.92 Å². The van der Waals surface area contributed by atoms with Crippen molar-refractivity contribution in [3.8, 4) is 0 Å². The molecule has 0 aliphatic heterocycles. The summed E-state index contributed by atoms with van der Waals surface area (Å²) in [5.41, 5.74) is 3.72. The molecule has 2 rings (SSSR count). The van der Waals surface area contributed by atoms with Gasteiger partial charge in [-0.3, -0.25) is 5.10 Å². The highest BCUT2D eigenvalue weighted by Crippen LogP contribution is 2.19. The van der Waals surface area contributed by atoms with Gasteiger partial charge >= 0.3 is 0 Å². The Kier molecular flexibility index (Phi) is 4.03. The fourth-order valence-electron chi connectivity index (χ4n) is 2.08. The molecule has 0 spiro atoms. The first-order valence-electron chi connectivity index (χ1n) is 6.49. The van der Waals surface area contributed by atoms with Crippen molar-refractivity contribution >= 4 is 5.69 Å². The lowest BCUT2D eigenvalue weighted by Crippen LogP contribution is -2.06. The Labute approximate surface area is 109 Å². The highest BCUT2D eigenvalue weighted by Gasteiger charge is 2.06. The van der Waals surface area contributed by atoms with Crippen LogP contribution in [-0.4, -0.2) is 10.2 Å². The van der Waals surface area contributed by atoms with Crippen LogP contribution in [0.3, 0.4) is 0 Å². The Balaban J connectivity index is 2.00. The summed E-state index contributed by atoms with van der Waals surface area (Å²) in [5, 5.41) is 10.1. The first-order valence-corrected chi connectivity index (χ1v) is 6.49. The minimum Gasteiger partial charge on any atom is -0.376 e. The van der Waals surface area contributed by atoms with Crippen LogP contribution >= 0.6 is 0 Å². The number of nitrogens with one attached hydrogen (secondary N) is 2. The Morgan fingerprint density at radius 1 is 1.17 bits per heavy atom. The number of aromatic nitrogens is 2. The van der Waals surface area contributed by atoms with E-state index in [9.17, 15) is 0 Å². The van der Waals surface area contributed by atoms with E-state index in [4.69, 9.17) is 0 Å². The normalized spacial score (nSPS) is 12.7. The molecule has 1 aromatic heterocycles. The van der Waals surface area contributed by atoms with Crippen LogP contribution in [-0.2, 0) is 6.42 Å². The second-order valence-corrected chi connectivity index (χ2v) is 5.19. The van der Waals surface area contributed by atoms with Crippen LogP contribution in [0.2, 0.25) is 0 Å². The van der Waals surface area contributed by atoms with Gasteiger partial charge in [0.25, 0.3) is 0 Å². The predicted molar refractivity (Wildman–Crippen MR) is 75.6 cm³/mol. The highest BCUT2D eigenvalue weighted by atomic mass is 15.1. The quantitative estimate of drug-likeness (QED) is 0.839. The molecular formula is C15H21N3. The van der Waals surface area contributed by atoms with Gasteiger partial charge < -0.3 is 5.32 Å². The standard InChI is InChI=1S/C15H21N3/c1-11(2)8-13-4-6-14(7-5-13)12(3)18-15-9-16-17-10-15/h4-7,9-12,18H,8H2,1-3H3,(H,16,17). The Morgan fingerprint density at radius 3 is 2.44 bits per heavy atom. The van der Waals surface area contributed by atoms with E-state index in [0.29, 0.717) is 5.92 Å². The maximum Gasteiger partial charge on any atom is 0.0728 e. The van der Waals surface area contributed by atoms with Crippen LogP contribution in [0.25, 0.3) is 0 Å². The van der Waals surface area contributed by atoms with Crippen LogP contribution < -0.4 is 5.32 Å². The summed E-state index contributed by atoms with van der Waals surface area (Å²) in [7, 11) is 0. The third kappa shape index (κ3) is 3.36. The van der Waals surface area contributed by atoms with Crippen LogP contribution in [0.1, 0.15) is 37.9 Å². The van der Waals surface area contributed by atoms with Crippen molar-refractivity contribution in [1.82, 2.24) is 10.2 Å². The summed E-state index contributed by atoms with van der Waals surface area (Å²) in [6, 6.07) is 9.15. The summed E-state index contributed by atoms with van der Waals surface area (Å²) in [4.78, 5) is 0. The molecule has 0 amide bonds. The molecule has 0 bridgehead atoms. The average Bonchev–Trinajstić information content (AvgIpc) is 2.82. The third-order valence-corrected chi connectivity index (χ3v) is 3.01. The van der Waals surface area contributed by atoms with Crippen LogP contribution in [0.5, 0.6) is 0 Å². The molecule has 0 radical (unpaired) electrons. The summed E-state index contributed by atoms with van der Waals surface area (Å²) in [6.07, 6.45) is 4.80. The summed E-state index contributed by atoms with van der Waals surface area (Å²) < 4.78 is 0. The topological polar surface area (TPSA) is 40.7 Å². The van der Waals surface area contributed by atoms with Gasteiger partial charge in [-0.05, 0) is 30.4 Å². The fourth-order valence-corrected chi connectivity index (χ4v) is 2.08. The lowest BCUT2D eigenvalue weighted by molar-refractivity contribution is 0.647. The number of benzene rings is 1. The first kappa shape index (κ1) is 12.7. The summed E-state index contributed by atoms with van der Waals surface area (Å²) in [5.74, 6) is 0.706. The molecule has 3 nitrogen and oxygen atoms in total. The SMILES string of the molecule is CC(C)Cc1ccc(C(C)Nc2cn[nH]c2)cc1. The van der Waals surface area contributed by atoms with Gasteiger partial charge in [-0.1, -0.05) is 38.1 Å². The van der Waals surface area contributed by atoms with Gasteiger partial charge in [-0.25, -0.2) is 0 Å². The van der Waals surface area contributed by atoms with E-state index < -0.39 is 0 Å². The van der Waals surface area contributed by atoms with E-state index in [0.717, 1.165) is 12.1 Å². The summed E-state index contributed by atoms with van der Waals surface area (Å²) in [6.45, 7) is 6.65. The molecule has 2 aromatic rings. The van der Waals surface area contributed by atoms with Crippen molar-refractivity contribution in [3.05, 3.63) is 47.8 Å². The minimum atomic E-state index is 0.288. The molecule has 0 saturated carbocycles. The van der Waals surface area contributed by atoms with Crippen molar-refractivity contribution in [1.29, 1.82) is 0 Å². The average molecular weight is 243 g/mol. The van der Waals surface area contributed by atoms with E-state index in [1.54, 1.807) is 6.20 Å². The van der Waals surface area contributed by atoms with E-state index in [1.165, 1.54) is 11.1 Å². The van der Waals surface area contributed by atoms with E-state index in [1.807, 2.05) is 6.20 Å². The van der Waals surface area contributed by atoms with Gasteiger partial charge in [0.1, 0.15) is 0 Å². The Bertz CT molecular complexity index is 457. The zero-order chi connectivity index (χ0) is 13.0. The maximum atomic E-state index is 3.93. The van der Waals surface area contributed by atoms with Gasteiger partial charge in [0, 0.05) is 12.2 Å². The lowest BCUT2D eigenvalue weighted by atomic mass is 10.00. The number of hydrogen-bond donors (Lipinski definition) is 2. The smallest absolute Gasteiger partial charge is 0.0728 e. The molecular weight excluding hydrogens is 222 g/mol. The van der Waals surface area contributed by atoms with Crippen molar-refractivity contribution < 1.29 is 0 Å². The monoisotopic (exact) mass is 243 g/mol. The van der Waals surface area contributed by atoms with E-state index in [-0.39, 0.29) is 6.04 Å². The second kappa shape index (κ2) is 5.71. The number of nitrogens with zero attached hydrogens (tertiary/aromatic N) is 1. The number of H-pyrrole nitrogens is 1. The second-order valence-electron chi connectivity index (χ2n) is 5.19. The van der Waals surface area contributed by atoms with Gasteiger partial charge in [-0.2, -0.15) is 5.10 Å². The molecule has 3 heteroatoms. The van der Waals surface area contributed by atoms with Crippen molar-refractivity contribution in [2.45, 2.75) is 33.2 Å².